The summed E-state index contributed by atoms with van der Waals surface area (Å²) in [6, 6.07) is 0. The van der Waals surface area contributed by atoms with Gasteiger partial charge in [0, 0.05) is 19.6 Å². The number of aliphatic hydroxyl groups is 1. The van der Waals surface area contributed by atoms with Crippen LogP contribution in [0.2, 0.25) is 0 Å². The molecule has 1 saturated heterocycles. The Labute approximate surface area is 108 Å². The molecular weight excluding hydrogens is 230 g/mol. The number of imide groups is 1. The van der Waals surface area contributed by atoms with Gasteiger partial charge in [-0.2, -0.15) is 0 Å². The van der Waals surface area contributed by atoms with E-state index in [4.69, 9.17) is 0 Å². The fraction of sp³-hybridized carbons (Fsp3) is 0.857. The number of hydrogen-bond donors (Lipinski definition) is 1. The zero-order valence-electron chi connectivity index (χ0n) is 11.3. The molecule has 2 amide bonds. The third-order valence-corrected chi connectivity index (χ3v) is 4.44. The van der Waals surface area contributed by atoms with Gasteiger partial charge >= 0.3 is 0 Å². The first-order chi connectivity index (χ1) is 8.45. The van der Waals surface area contributed by atoms with Crippen LogP contribution in [0.25, 0.3) is 0 Å². The highest BCUT2D eigenvalue weighted by Crippen LogP contribution is 2.35. The van der Waals surface area contributed by atoms with E-state index in [1.54, 1.807) is 0 Å². The van der Waals surface area contributed by atoms with E-state index in [2.05, 4.69) is 0 Å². The lowest BCUT2D eigenvalue weighted by Crippen LogP contribution is -2.40. The van der Waals surface area contributed by atoms with Crippen LogP contribution in [0, 0.1) is 17.3 Å². The number of carbonyl (C=O) groups is 2. The molecule has 2 atom stereocenters. The van der Waals surface area contributed by atoms with Crippen molar-refractivity contribution < 1.29 is 14.7 Å². The molecule has 1 saturated carbocycles. The van der Waals surface area contributed by atoms with Gasteiger partial charge in [0.05, 0.1) is 5.41 Å². The number of carbonyl (C=O) groups excluding carboxylic acids is 2. The van der Waals surface area contributed by atoms with Crippen LogP contribution in [0.4, 0.5) is 0 Å². The molecule has 18 heavy (non-hydrogen) atoms. The lowest BCUT2D eigenvalue weighted by atomic mass is 9.79. The average molecular weight is 253 g/mol. The highest BCUT2D eigenvalue weighted by Gasteiger charge is 2.45. The van der Waals surface area contributed by atoms with Crippen molar-refractivity contribution >= 4 is 11.8 Å². The monoisotopic (exact) mass is 253 g/mol. The maximum absolute atomic E-state index is 12.1. The SMILES string of the molecule is CC1(C)CC(=O)N(CC2CCCCC2CO)C1=O. The second-order valence-electron chi connectivity index (χ2n) is 6.36. The van der Waals surface area contributed by atoms with Crippen molar-refractivity contribution in [2.75, 3.05) is 13.2 Å². The summed E-state index contributed by atoms with van der Waals surface area (Å²) in [5, 5.41) is 9.38. The molecule has 1 N–H and O–H groups in total. The highest BCUT2D eigenvalue weighted by molar-refractivity contribution is 6.05. The fourth-order valence-electron chi connectivity index (χ4n) is 3.21. The Morgan fingerprint density at radius 1 is 1.22 bits per heavy atom. The molecule has 2 aliphatic rings. The third kappa shape index (κ3) is 2.44. The normalized spacial score (nSPS) is 32.1. The second-order valence-corrected chi connectivity index (χ2v) is 6.36. The predicted molar refractivity (Wildman–Crippen MR) is 67.7 cm³/mol. The first kappa shape index (κ1) is 13.5. The zero-order chi connectivity index (χ0) is 13.3. The van der Waals surface area contributed by atoms with Crippen LogP contribution in [-0.2, 0) is 9.59 Å². The number of likely N-dealkylation sites (tertiary alicyclic amines) is 1. The van der Waals surface area contributed by atoms with Gasteiger partial charge in [0.2, 0.25) is 11.8 Å². The number of hydrogen-bond acceptors (Lipinski definition) is 3. The van der Waals surface area contributed by atoms with Crippen LogP contribution in [0.5, 0.6) is 0 Å². The summed E-state index contributed by atoms with van der Waals surface area (Å²) >= 11 is 0. The molecule has 0 spiro atoms. The lowest BCUT2D eigenvalue weighted by Gasteiger charge is -2.33. The largest absolute Gasteiger partial charge is 0.396 e. The summed E-state index contributed by atoms with van der Waals surface area (Å²) in [6.45, 7) is 4.34. The first-order valence-electron chi connectivity index (χ1n) is 6.91. The van der Waals surface area contributed by atoms with E-state index in [9.17, 15) is 14.7 Å². The van der Waals surface area contributed by atoms with E-state index < -0.39 is 5.41 Å². The van der Waals surface area contributed by atoms with Crippen molar-refractivity contribution in [3.05, 3.63) is 0 Å². The maximum Gasteiger partial charge on any atom is 0.235 e. The molecule has 2 rings (SSSR count). The molecule has 1 heterocycles. The summed E-state index contributed by atoms with van der Waals surface area (Å²) in [5.41, 5.74) is -0.541. The van der Waals surface area contributed by atoms with Crippen LogP contribution in [0.1, 0.15) is 46.0 Å². The van der Waals surface area contributed by atoms with E-state index in [0.29, 0.717) is 13.0 Å². The van der Waals surface area contributed by atoms with Gasteiger partial charge in [0.25, 0.3) is 0 Å². The zero-order valence-corrected chi connectivity index (χ0v) is 11.3. The molecule has 0 aromatic rings. The van der Waals surface area contributed by atoms with Gasteiger partial charge in [-0.1, -0.05) is 26.7 Å². The molecule has 2 fully saturated rings. The Kier molecular flexibility index (Phi) is 3.76. The van der Waals surface area contributed by atoms with Gasteiger partial charge in [0.15, 0.2) is 0 Å². The summed E-state index contributed by atoms with van der Waals surface area (Å²) < 4.78 is 0. The van der Waals surface area contributed by atoms with Gasteiger partial charge < -0.3 is 5.11 Å². The number of amides is 2. The van der Waals surface area contributed by atoms with Gasteiger partial charge in [-0.15, -0.1) is 0 Å². The van der Waals surface area contributed by atoms with Crippen molar-refractivity contribution in [2.24, 2.45) is 17.3 Å². The number of aliphatic hydroxyl groups excluding tert-OH is 1. The molecule has 0 radical (unpaired) electrons. The Morgan fingerprint density at radius 3 is 2.33 bits per heavy atom. The van der Waals surface area contributed by atoms with Gasteiger partial charge in [-0.05, 0) is 24.7 Å². The van der Waals surface area contributed by atoms with Crippen molar-refractivity contribution in [1.29, 1.82) is 0 Å². The summed E-state index contributed by atoms with van der Waals surface area (Å²) in [5.74, 6) is 0.440. The minimum absolute atomic E-state index is 0.0465. The Bertz CT molecular complexity index is 351. The van der Waals surface area contributed by atoms with Crippen molar-refractivity contribution in [1.82, 2.24) is 4.90 Å². The Balaban J connectivity index is 2.04. The van der Waals surface area contributed by atoms with Crippen molar-refractivity contribution in [2.45, 2.75) is 46.0 Å². The van der Waals surface area contributed by atoms with E-state index >= 15 is 0 Å². The summed E-state index contributed by atoms with van der Waals surface area (Å²) in [7, 11) is 0. The molecule has 4 nitrogen and oxygen atoms in total. The maximum atomic E-state index is 12.1. The molecule has 1 aliphatic heterocycles. The van der Waals surface area contributed by atoms with Crippen LogP contribution in [0.3, 0.4) is 0 Å². The number of nitrogens with zero attached hydrogens (tertiary/aromatic N) is 1. The quantitative estimate of drug-likeness (QED) is 0.777. The summed E-state index contributed by atoms with van der Waals surface area (Å²) in [6.07, 6.45) is 4.64. The van der Waals surface area contributed by atoms with E-state index in [0.717, 1.165) is 25.7 Å². The van der Waals surface area contributed by atoms with Crippen LogP contribution < -0.4 is 0 Å². The molecule has 4 heteroatoms. The van der Waals surface area contributed by atoms with Crippen LogP contribution in [-0.4, -0.2) is 35.0 Å². The van der Waals surface area contributed by atoms with Crippen molar-refractivity contribution in [3.63, 3.8) is 0 Å². The minimum atomic E-state index is -0.541. The van der Waals surface area contributed by atoms with E-state index in [1.165, 1.54) is 4.90 Å². The molecule has 2 unspecified atom stereocenters. The molecule has 1 aliphatic carbocycles. The third-order valence-electron chi connectivity index (χ3n) is 4.44. The van der Waals surface area contributed by atoms with Gasteiger partial charge in [-0.25, -0.2) is 0 Å². The molecule has 102 valence electrons. The Morgan fingerprint density at radius 2 is 1.83 bits per heavy atom. The van der Waals surface area contributed by atoms with Crippen molar-refractivity contribution in [3.8, 4) is 0 Å². The lowest BCUT2D eigenvalue weighted by molar-refractivity contribution is -0.142. The molecule has 0 aromatic heterocycles. The minimum Gasteiger partial charge on any atom is -0.396 e. The standard InChI is InChI=1S/C14H23NO3/c1-14(2)7-12(17)15(13(14)18)8-10-5-3-4-6-11(10)9-16/h10-11,16H,3-9H2,1-2H3. The fourth-order valence-corrected chi connectivity index (χ4v) is 3.21. The van der Waals surface area contributed by atoms with Crippen LogP contribution >= 0.6 is 0 Å². The predicted octanol–water partition coefficient (Wildman–Crippen LogP) is 1.57. The number of rotatable bonds is 3. The smallest absolute Gasteiger partial charge is 0.235 e. The Hall–Kier alpha value is -0.900. The molecule has 0 bridgehead atoms. The van der Waals surface area contributed by atoms with Gasteiger partial charge in [-0.3, -0.25) is 14.5 Å². The van der Waals surface area contributed by atoms with Crippen LogP contribution in [0.15, 0.2) is 0 Å². The highest BCUT2D eigenvalue weighted by atomic mass is 16.3. The molecule has 0 aromatic carbocycles. The summed E-state index contributed by atoms with van der Waals surface area (Å²) in [4.78, 5) is 25.5. The average Bonchev–Trinajstić information content (AvgIpc) is 2.52. The van der Waals surface area contributed by atoms with Gasteiger partial charge in [0.1, 0.15) is 0 Å². The second kappa shape index (κ2) is 5.00. The first-order valence-corrected chi connectivity index (χ1v) is 6.91. The molecular formula is C14H23NO3. The van der Waals surface area contributed by atoms with E-state index in [-0.39, 0.29) is 30.3 Å². The van der Waals surface area contributed by atoms with E-state index in [1.807, 2.05) is 13.8 Å². The topological polar surface area (TPSA) is 57.6 Å².